The highest BCUT2D eigenvalue weighted by Gasteiger charge is 2.16. The number of hydrogen-bond donors (Lipinski definition) is 0. The van der Waals surface area contributed by atoms with Crippen molar-refractivity contribution in [3.05, 3.63) is 72.3 Å². The van der Waals surface area contributed by atoms with E-state index in [1.807, 2.05) is 55.5 Å². The van der Waals surface area contributed by atoms with Crippen LogP contribution in [0.3, 0.4) is 0 Å². The Morgan fingerprint density at radius 3 is 2.44 bits per heavy atom. The van der Waals surface area contributed by atoms with Crippen LogP contribution < -0.4 is 9.64 Å². The number of benzene rings is 3. The van der Waals surface area contributed by atoms with E-state index in [9.17, 15) is 4.79 Å². The summed E-state index contributed by atoms with van der Waals surface area (Å²) in [5.74, 6) is 0.603. The SMILES string of the molecule is CCOc1ccc(N(Cc2cccc3ccccc23)C(=O)CCl)cc1. The Labute approximate surface area is 152 Å². The van der Waals surface area contributed by atoms with Gasteiger partial charge < -0.3 is 9.64 Å². The quantitative estimate of drug-likeness (QED) is 0.583. The molecule has 4 heteroatoms. The summed E-state index contributed by atoms with van der Waals surface area (Å²) < 4.78 is 5.47. The number of halogens is 1. The van der Waals surface area contributed by atoms with Gasteiger partial charge in [-0.1, -0.05) is 42.5 Å². The number of rotatable bonds is 6. The summed E-state index contributed by atoms with van der Waals surface area (Å²) >= 11 is 5.85. The van der Waals surface area contributed by atoms with E-state index < -0.39 is 0 Å². The van der Waals surface area contributed by atoms with Gasteiger partial charge in [0.05, 0.1) is 13.2 Å². The molecule has 0 aromatic heterocycles. The lowest BCUT2D eigenvalue weighted by Gasteiger charge is -2.23. The van der Waals surface area contributed by atoms with Crippen LogP contribution in [-0.2, 0) is 11.3 Å². The molecule has 0 saturated carbocycles. The van der Waals surface area contributed by atoms with Crippen LogP contribution in [0.2, 0.25) is 0 Å². The van der Waals surface area contributed by atoms with Crippen molar-refractivity contribution < 1.29 is 9.53 Å². The molecule has 0 aliphatic carbocycles. The Kier molecular flexibility index (Phi) is 5.56. The number of amides is 1. The van der Waals surface area contributed by atoms with Crippen LogP contribution in [0.5, 0.6) is 5.75 Å². The first-order valence-corrected chi connectivity index (χ1v) is 8.82. The Morgan fingerprint density at radius 2 is 1.72 bits per heavy atom. The number of fused-ring (bicyclic) bond motifs is 1. The smallest absolute Gasteiger partial charge is 0.242 e. The molecule has 25 heavy (non-hydrogen) atoms. The van der Waals surface area contributed by atoms with Gasteiger partial charge in [-0.15, -0.1) is 11.6 Å². The summed E-state index contributed by atoms with van der Waals surface area (Å²) in [7, 11) is 0. The first-order chi connectivity index (χ1) is 12.2. The molecule has 0 aliphatic rings. The van der Waals surface area contributed by atoms with E-state index in [1.165, 1.54) is 0 Å². The van der Waals surface area contributed by atoms with Gasteiger partial charge >= 0.3 is 0 Å². The molecule has 3 aromatic rings. The number of ether oxygens (including phenoxy) is 1. The zero-order valence-corrected chi connectivity index (χ0v) is 14.9. The van der Waals surface area contributed by atoms with Crippen molar-refractivity contribution in [3.63, 3.8) is 0 Å². The standard InChI is InChI=1S/C21H20ClNO2/c1-2-25-19-12-10-18(11-13-19)23(21(24)14-22)15-17-8-5-7-16-6-3-4-9-20(16)17/h3-13H,2,14-15H2,1H3. The molecule has 0 radical (unpaired) electrons. The zero-order valence-electron chi connectivity index (χ0n) is 14.1. The van der Waals surface area contributed by atoms with Gasteiger partial charge in [-0.05, 0) is 47.5 Å². The number of alkyl halides is 1. The van der Waals surface area contributed by atoms with Crippen LogP contribution in [0.25, 0.3) is 10.8 Å². The Hall–Kier alpha value is -2.52. The number of carbonyl (C=O) groups excluding carboxylic acids is 1. The second-order valence-corrected chi connectivity index (χ2v) is 5.95. The number of carbonyl (C=O) groups is 1. The second-order valence-electron chi connectivity index (χ2n) is 5.68. The van der Waals surface area contributed by atoms with E-state index in [0.717, 1.165) is 27.8 Å². The third kappa shape index (κ3) is 3.94. The van der Waals surface area contributed by atoms with Crippen molar-refractivity contribution in [2.45, 2.75) is 13.5 Å². The molecular formula is C21H20ClNO2. The van der Waals surface area contributed by atoms with Gasteiger partial charge in [-0.3, -0.25) is 4.79 Å². The summed E-state index contributed by atoms with van der Waals surface area (Å²) in [6, 6.07) is 21.8. The van der Waals surface area contributed by atoms with Crippen molar-refractivity contribution in [2.24, 2.45) is 0 Å². The molecule has 3 rings (SSSR count). The maximum absolute atomic E-state index is 12.4. The largest absolute Gasteiger partial charge is 0.494 e. The van der Waals surface area contributed by atoms with Gasteiger partial charge in [-0.25, -0.2) is 0 Å². The van der Waals surface area contributed by atoms with Gasteiger partial charge in [0.2, 0.25) is 5.91 Å². The molecule has 0 saturated heterocycles. The average Bonchev–Trinajstić information content (AvgIpc) is 2.66. The summed E-state index contributed by atoms with van der Waals surface area (Å²) in [6.45, 7) is 3.03. The molecule has 3 nitrogen and oxygen atoms in total. The average molecular weight is 354 g/mol. The molecule has 0 heterocycles. The highest BCUT2D eigenvalue weighted by atomic mass is 35.5. The Bertz CT molecular complexity index is 856. The van der Waals surface area contributed by atoms with E-state index in [0.29, 0.717) is 13.2 Å². The fourth-order valence-electron chi connectivity index (χ4n) is 2.89. The van der Waals surface area contributed by atoms with Gasteiger partial charge in [-0.2, -0.15) is 0 Å². The maximum Gasteiger partial charge on any atom is 0.242 e. The van der Waals surface area contributed by atoms with Crippen molar-refractivity contribution >= 4 is 34.0 Å². The first-order valence-electron chi connectivity index (χ1n) is 8.28. The van der Waals surface area contributed by atoms with Crippen LogP contribution in [0, 0.1) is 0 Å². The minimum absolute atomic E-state index is 0.0576. The van der Waals surface area contributed by atoms with E-state index in [2.05, 4.69) is 18.2 Å². The van der Waals surface area contributed by atoms with Crippen LogP contribution >= 0.6 is 11.6 Å². The lowest BCUT2D eigenvalue weighted by molar-refractivity contribution is -0.116. The lowest BCUT2D eigenvalue weighted by Crippen LogP contribution is -2.31. The zero-order chi connectivity index (χ0) is 17.6. The van der Waals surface area contributed by atoms with E-state index in [4.69, 9.17) is 16.3 Å². The monoisotopic (exact) mass is 353 g/mol. The fourth-order valence-corrected chi connectivity index (χ4v) is 3.03. The number of anilines is 1. The van der Waals surface area contributed by atoms with Crippen LogP contribution in [-0.4, -0.2) is 18.4 Å². The second kappa shape index (κ2) is 8.04. The summed E-state index contributed by atoms with van der Waals surface area (Å²) in [5.41, 5.74) is 1.90. The third-order valence-electron chi connectivity index (χ3n) is 4.08. The van der Waals surface area contributed by atoms with Gasteiger partial charge in [0.15, 0.2) is 0 Å². The van der Waals surface area contributed by atoms with Crippen LogP contribution in [0.4, 0.5) is 5.69 Å². The molecule has 0 spiro atoms. The van der Waals surface area contributed by atoms with Gasteiger partial charge in [0, 0.05) is 5.69 Å². The molecular weight excluding hydrogens is 334 g/mol. The summed E-state index contributed by atoms with van der Waals surface area (Å²) in [4.78, 5) is 14.1. The molecule has 0 N–H and O–H groups in total. The minimum atomic E-state index is -0.126. The number of nitrogens with zero attached hydrogens (tertiary/aromatic N) is 1. The maximum atomic E-state index is 12.4. The van der Waals surface area contributed by atoms with Crippen LogP contribution in [0.1, 0.15) is 12.5 Å². The van der Waals surface area contributed by atoms with E-state index >= 15 is 0 Å². The topological polar surface area (TPSA) is 29.5 Å². The van der Waals surface area contributed by atoms with Crippen molar-refractivity contribution in [3.8, 4) is 5.75 Å². The molecule has 0 bridgehead atoms. The van der Waals surface area contributed by atoms with E-state index in [-0.39, 0.29) is 11.8 Å². The highest BCUT2D eigenvalue weighted by molar-refractivity contribution is 6.29. The summed E-state index contributed by atoms with van der Waals surface area (Å²) in [6.07, 6.45) is 0. The Balaban J connectivity index is 1.94. The number of hydrogen-bond acceptors (Lipinski definition) is 2. The predicted octanol–water partition coefficient (Wildman–Crippen LogP) is 5.01. The first kappa shape index (κ1) is 17.3. The fraction of sp³-hybridized carbons (Fsp3) is 0.190. The van der Waals surface area contributed by atoms with Crippen LogP contribution in [0.15, 0.2) is 66.7 Å². The summed E-state index contributed by atoms with van der Waals surface area (Å²) in [5, 5.41) is 2.30. The molecule has 1 amide bonds. The predicted molar refractivity (Wildman–Crippen MR) is 103 cm³/mol. The Morgan fingerprint density at radius 1 is 1.00 bits per heavy atom. The van der Waals surface area contributed by atoms with Crippen molar-refractivity contribution in [1.29, 1.82) is 0 Å². The molecule has 0 atom stereocenters. The molecule has 0 fully saturated rings. The lowest BCUT2D eigenvalue weighted by atomic mass is 10.0. The van der Waals surface area contributed by atoms with Crippen molar-refractivity contribution in [2.75, 3.05) is 17.4 Å². The van der Waals surface area contributed by atoms with Gasteiger partial charge in [0.25, 0.3) is 0 Å². The molecule has 128 valence electrons. The van der Waals surface area contributed by atoms with E-state index in [1.54, 1.807) is 4.90 Å². The van der Waals surface area contributed by atoms with Gasteiger partial charge in [0.1, 0.15) is 11.6 Å². The molecule has 3 aromatic carbocycles. The van der Waals surface area contributed by atoms with Crippen molar-refractivity contribution in [1.82, 2.24) is 0 Å². The molecule has 0 unspecified atom stereocenters. The minimum Gasteiger partial charge on any atom is -0.494 e. The third-order valence-corrected chi connectivity index (χ3v) is 4.31. The normalized spacial score (nSPS) is 10.6. The highest BCUT2D eigenvalue weighted by Crippen LogP contribution is 2.25. The molecule has 0 aliphatic heterocycles.